The Bertz CT molecular complexity index is 354. The third-order valence-electron chi connectivity index (χ3n) is 1.30. The largest absolute Gasteiger partial charge is 0.410 e. The van der Waals surface area contributed by atoms with Gasteiger partial charge < -0.3 is 5.21 Å². The van der Waals surface area contributed by atoms with Gasteiger partial charge in [0.1, 0.15) is 11.9 Å². The van der Waals surface area contributed by atoms with Crippen LogP contribution in [0.2, 0.25) is 0 Å². The molecule has 0 saturated heterocycles. The summed E-state index contributed by atoms with van der Waals surface area (Å²) in [4.78, 5) is 0. The van der Waals surface area contributed by atoms with Crippen LogP contribution in [0.25, 0.3) is 0 Å². The fraction of sp³-hybridized carbons (Fsp3) is 0. The summed E-state index contributed by atoms with van der Waals surface area (Å²) in [5.74, 6) is -0.469. The highest BCUT2D eigenvalue weighted by Gasteiger charge is 2.02. The minimum atomic E-state index is -0.469. The van der Waals surface area contributed by atoms with Crippen molar-refractivity contribution >= 4 is 5.71 Å². The molecule has 0 aliphatic rings. The topological polar surface area (TPSA) is 56.4 Å². The Morgan fingerprint density at radius 3 is 2.83 bits per heavy atom. The molecule has 0 fully saturated rings. The average Bonchev–Trinajstić information content (AvgIpc) is 2.07. The molecule has 1 aromatic carbocycles. The van der Waals surface area contributed by atoms with E-state index >= 15 is 0 Å². The van der Waals surface area contributed by atoms with Crippen LogP contribution < -0.4 is 0 Å². The number of benzene rings is 1. The van der Waals surface area contributed by atoms with E-state index in [9.17, 15) is 4.39 Å². The van der Waals surface area contributed by atoms with Crippen molar-refractivity contribution in [1.82, 2.24) is 0 Å². The Labute approximate surface area is 68.4 Å². The quantitative estimate of drug-likeness (QED) is 0.388. The third-order valence-corrected chi connectivity index (χ3v) is 1.30. The van der Waals surface area contributed by atoms with Crippen molar-refractivity contribution in [2.75, 3.05) is 0 Å². The normalized spacial score (nSPS) is 10.8. The lowest BCUT2D eigenvalue weighted by Crippen LogP contribution is -1.96. The lowest BCUT2D eigenvalue weighted by Gasteiger charge is -1.94. The molecule has 0 atom stereocenters. The third kappa shape index (κ3) is 1.58. The SMILES string of the molecule is N#C/C(=N\O)c1cccc(F)c1. The summed E-state index contributed by atoms with van der Waals surface area (Å²) >= 11 is 0. The van der Waals surface area contributed by atoms with Gasteiger partial charge in [-0.2, -0.15) is 5.26 Å². The minimum absolute atomic E-state index is 0.200. The first-order valence-electron chi connectivity index (χ1n) is 3.16. The van der Waals surface area contributed by atoms with Crippen molar-refractivity contribution in [2.45, 2.75) is 0 Å². The van der Waals surface area contributed by atoms with E-state index in [1.807, 2.05) is 0 Å². The lowest BCUT2D eigenvalue weighted by atomic mass is 10.1. The molecule has 0 unspecified atom stereocenters. The molecule has 1 N–H and O–H groups in total. The first-order chi connectivity index (χ1) is 5.77. The van der Waals surface area contributed by atoms with Gasteiger partial charge in [-0.05, 0) is 12.1 Å². The van der Waals surface area contributed by atoms with Crippen LogP contribution in [0.3, 0.4) is 0 Å². The Balaban J connectivity index is 3.13. The Morgan fingerprint density at radius 1 is 1.58 bits per heavy atom. The molecule has 0 bridgehead atoms. The molecule has 0 heterocycles. The number of oxime groups is 1. The van der Waals surface area contributed by atoms with E-state index in [4.69, 9.17) is 10.5 Å². The minimum Gasteiger partial charge on any atom is -0.410 e. The van der Waals surface area contributed by atoms with Crippen LogP contribution in [0.4, 0.5) is 4.39 Å². The van der Waals surface area contributed by atoms with Gasteiger partial charge in [-0.25, -0.2) is 4.39 Å². The Morgan fingerprint density at radius 2 is 2.33 bits per heavy atom. The molecule has 0 aromatic heterocycles. The molecule has 0 amide bonds. The van der Waals surface area contributed by atoms with Crippen LogP contribution in [-0.4, -0.2) is 10.9 Å². The summed E-state index contributed by atoms with van der Waals surface area (Å²) < 4.78 is 12.6. The van der Waals surface area contributed by atoms with Crippen LogP contribution in [-0.2, 0) is 0 Å². The van der Waals surface area contributed by atoms with Crippen LogP contribution in [0.5, 0.6) is 0 Å². The zero-order chi connectivity index (χ0) is 8.97. The summed E-state index contributed by atoms with van der Waals surface area (Å²) in [7, 11) is 0. The van der Waals surface area contributed by atoms with Gasteiger partial charge in [-0.15, -0.1) is 0 Å². The monoisotopic (exact) mass is 164 g/mol. The van der Waals surface area contributed by atoms with Crippen molar-refractivity contribution in [2.24, 2.45) is 5.16 Å². The maximum absolute atomic E-state index is 12.6. The van der Waals surface area contributed by atoms with Gasteiger partial charge in [-0.3, -0.25) is 0 Å². The molecular formula is C8H5FN2O. The molecule has 0 radical (unpaired) electrons. The zero-order valence-electron chi connectivity index (χ0n) is 6.03. The van der Waals surface area contributed by atoms with E-state index in [1.54, 1.807) is 6.07 Å². The second-order valence-corrected chi connectivity index (χ2v) is 2.07. The fourth-order valence-corrected chi connectivity index (χ4v) is 0.780. The maximum atomic E-state index is 12.6. The van der Waals surface area contributed by atoms with E-state index in [-0.39, 0.29) is 11.3 Å². The van der Waals surface area contributed by atoms with Gasteiger partial charge in [0, 0.05) is 5.56 Å². The predicted molar refractivity (Wildman–Crippen MR) is 40.3 cm³/mol. The van der Waals surface area contributed by atoms with Crippen LogP contribution >= 0.6 is 0 Å². The molecule has 3 nitrogen and oxygen atoms in total. The van der Waals surface area contributed by atoms with Crippen LogP contribution in [0.1, 0.15) is 5.56 Å². The molecule has 1 aromatic rings. The van der Waals surface area contributed by atoms with Gasteiger partial charge >= 0.3 is 0 Å². The average molecular weight is 164 g/mol. The molecule has 60 valence electrons. The fourth-order valence-electron chi connectivity index (χ4n) is 0.780. The summed E-state index contributed by atoms with van der Waals surface area (Å²) in [6.07, 6.45) is 0. The van der Waals surface area contributed by atoms with E-state index < -0.39 is 5.82 Å². The molecule has 0 aliphatic carbocycles. The lowest BCUT2D eigenvalue weighted by molar-refractivity contribution is 0.320. The maximum Gasteiger partial charge on any atom is 0.186 e. The Hall–Kier alpha value is -1.89. The van der Waals surface area contributed by atoms with Gasteiger partial charge in [0.05, 0.1) is 0 Å². The molecule has 4 heteroatoms. The Kier molecular flexibility index (Phi) is 2.38. The van der Waals surface area contributed by atoms with Gasteiger partial charge in [0.15, 0.2) is 5.71 Å². The van der Waals surface area contributed by atoms with Crippen molar-refractivity contribution in [3.05, 3.63) is 35.6 Å². The summed E-state index contributed by atoms with van der Waals surface area (Å²) in [6.45, 7) is 0. The highest BCUT2D eigenvalue weighted by atomic mass is 19.1. The number of nitrogens with zero attached hydrogens (tertiary/aromatic N) is 2. The number of hydrogen-bond acceptors (Lipinski definition) is 3. The van der Waals surface area contributed by atoms with E-state index in [2.05, 4.69) is 5.16 Å². The second-order valence-electron chi connectivity index (χ2n) is 2.07. The first-order valence-corrected chi connectivity index (χ1v) is 3.16. The van der Waals surface area contributed by atoms with Crippen LogP contribution in [0.15, 0.2) is 29.4 Å². The van der Waals surface area contributed by atoms with E-state index in [0.29, 0.717) is 0 Å². The summed E-state index contributed by atoms with van der Waals surface area (Å²) in [6, 6.07) is 6.92. The van der Waals surface area contributed by atoms with E-state index in [1.165, 1.54) is 18.2 Å². The van der Waals surface area contributed by atoms with Crippen molar-refractivity contribution in [3.63, 3.8) is 0 Å². The first kappa shape index (κ1) is 8.21. The highest BCUT2D eigenvalue weighted by Crippen LogP contribution is 2.04. The number of halogens is 1. The molecule has 0 spiro atoms. The molecule has 12 heavy (non-hydrogen) atoms. The molecule has 0 aliphatic heterocycles. The van der Waals surface area contributed by atoms with Crippen molar-refractivity contribution < 1.29 is 9.60 Å². The number of hydrogen-bond donors (Lipinski definition) is 1. The van der Waals surface area contributed by atoms with Crippen LogP contribution in [0, 0.1) is 17.1 Å². The number of nitriles is 1. The zero-order valence-corrected chi connectivity index (χ0v) is 6.03. The molecular weight excluding hydrogens is 159 g/mol. The highest BCUT2D eigenvalue weighted by molar-refractivity contribution is 6.11. The smallest absolute Gasteiger partial charge is 0.186 e. The van der Waals surface area contributed by atoms with Gasteiger partial charge in [0.2, 0.25) is 0 Å². The van der Waals surface area contributed by atoms with E-state index in [0.717, 1.165) is 6.07 Å². The number of rotatable bonds is 1. The van der Waals surface area contributed by atoms with Gasteiger partial charge in [0.25, 0.3) is 0 Å². The summed E-state index contributed by atoms with van der Waals surface area (Å²) in [5, 5.41) is 19.4. The second kappa shape index (κ2) is 3.49. The van der Waals surface area contributed by atoms with Gasteiger partial charge in [-0.1, -0.05) is 17.3 Å². The van der Waals surface area contributed by atoms with Crippen molar-refractivity contribution in [1.29, 1.82) is 5.26 Å². The summed E-state index contributed by atoms with van der Waals surface area (Å²) in [5.41, 5.74) is 0.0644. The molecule has 1 rings (SSSR count). The molecule has 0 saturated carbocycles. The predicted octanol–water partition coefficient (Wildman–Crippen LogP) is 1.53. The van der Waals surface area contributed by atoms with Crippen molar-refractivity contribution in [3.8, 4) is 6.07 Å². The standard InChI is InChI=1S/C8H5FN2O/c9-7-3-1-2-6(4-7)8(5-10)11-12/h1-4,12H/b11-8+.